The van der Waals surface area contributed by atoms with Crippen molar-refractivity contribution < 1.29 is 25.6 Å². The Balaban J connectivity index is 2.72. The summed E-state index contributed by atoms with van der Waals surface area (Å²) in [4.78, 5) is 9.20. The van der Waals surface area contributed by atoms with E-state index in [0.29, 0.717) is 0 Å². The van der Waals surface area contributed by atoms with Crippen LogP contribution in [0.4, 0.5) is 9.57 Å². The second kappa shape index (κ2) is 3.72. The van der Waals surface area contributed by atoms with Gasteiger partial charge < -0.3 is 0 Å². The van der Waals surface area contributed by atoms with Gasteiger partial charge in [0.25, 0.3) is 5.69 Å². The van der Waals surface area contributed by atoms with Crippen molar-refractivity contribution in [3.05, 3.63) is 33.9 Å². The van der Waals surface area contributed by atoms with Crippen LogP contribution in [0, 0.1) is 10.1 Å². The van der Waals surface area contributed by atoms with E-state index in [-0.39, 0.29) is 5.56 Å². The van der Waals surface area contributed by atoms with E-state index >= 15 is 0 Å². The summed E-state index contributed by atoms with van der Waals surface area (Å²) in [6, 6.07) is 2.65. The van der Waals surface area contributed by atoms with E-state index in [1.807, 2.05) is 0 Å². The molecule has 98 valence electrons. The number of halogens is 1. The number of hydrogen-bond donors (Lipinski definition) is 0. The van der Waals surface area contributed by atoms with E-state index in [4.69, 9.17) is 0 Å². The number of rotatable bonds is 2. The number of nitro groups is 1. The number of fused-ring (bicyclic) bond motifs is 1. The van der Waals surface area contributed by atoms with Crippen LogP contribution in [0.15, 0.2) is 23.1 Å². The first-order chi connectivity index (χ1) is 8.13. The van der Waals surface area contributed by atoms with Crippen LogP contribution in [0.2, 0.25) is 0 Å². The van der Waals surface area contributed by atoms with Gasteiger partial charge in [-0.15, -0.1) is 3.89 Å². The molecule has 1 aliphatic heterocycles. The van der Waals surface area contributed by atoms with Crippen molar-refractivity contribution in [2.75, 3.05) is 5.75 Å². The third kappa shape index (κ3) is 1.97. The smallest absolute Gasteiger partial charge is 0.258 e. The minimum atomic E-state index is -5.07. The molecule has 7 nitrogen and oxygen atoms in total. The number of sulfone groups is 1. The number of nitro benzene ring substituents is 1. The fourth-order valence-corrected chi connectivity index (χ4v) is 5.18. The molecule has 1 heterocycles. The highest BCUT2D eigenvalue weighted by Crippen LogP contribution is 2.40. The molecule has 0 aliphatic carbocycles. The predicted molar refractivity (Wildman–Crippen MR) is 57.9 cm³/mol. The summed E-state index contributed by atoms with van der Waals surface area (Å²) in [5.41, 5.74) is -0.752. The standard InChI is InChI=1S/C8H6FNO6S2/c9-18(15,16)8-4-17(13,14)7-3-5(10(11)12)1-2-6(7)8/h1-3,8H,4H2. The summed E-state index contributed by atoms with van der Waals surface area (Å²) in [7, 11) is -9.09. The van der Waals surface area contributed by atoms with Crippen LogP contribution in [-0.4, -0.2) is 27.5 Å². The average Bonchev–Trinajstić information content (AvgIpc) is 2.50. The Kier molecular flexibility index (Phi) is 2.66. The number of nitrogens with zero attached hydrogens (tertiary/aromatic N) is 1. The van der Waals surface area contributed by atoms with Gasteiger partial charge in [-0.25, -0.2) is 8.42 Å². The molecule has 1 aliphatic rings. The normalized spacial score (nSPS) is 21.5. The minimum absolute atomic E-state index is 0.261. The van der Waals surface area contributed by atoms with Crippen molar-refractivity contribution in [3.63, 3.8) is 0 Å². The highest BCUT2D eigenvalue weighted by atomic mass is 32.3. The Labute approximate surface area is 102 Å². The zero-order chi connectivity index (χ0) is 13.7. The van der Waals surface area contributed by atoms with Crippen molar-refractivity contribution in [2.45, 2.75) is 10.1 Å². The lowest BCUT2D eigenvalue weighted by Crippen LogP contribution is -2.10. The zero-order valence-corrected chi connectivity index (χ0v) is 10.2. The molecular weight excluding hydrogens is 289 g/mol. The van der Waals surface area contributed by atoms with Crippen molar-refractivity contribution in [2.24, 2.45) is 0 Å². The van der Waals surface area contributed by atoms with Gasteiger partial charge in [-0.2, -0.15) is 8.42 Å². The lowest BCUT2D eigenvalue weighted by atomic mass is 10.1. The lowest BCUT2D eigenvalue weighted by molar-refractivity contribution is -0.385. The highest BCUT2D eigenvalue weighted by molar-refractivity contribution is 7.94. The second-order valence-electron chi connectivity index (χ2n) is 3.72. The van der Waals surface area contributed by atoms with Crippen LogP contribution in [0.1, 0.15) is 10.8 Å². The van der Waals surface area contributed by atoms with Gasteiger partial charge in [0.1, 0.15) is 5.25 Å². The Hall–Kier alpha value is -1.55. The SMILES string of the molecule is O=[N+]([O-])c1ccc2c(c1)S(=O)(=O)CC2S(=O)(=O)F. The maximum absolute atomic E-state index is 12.9. The van der Waals surface area contributed by atoms with Gasteiger partial charge in [0, 0.05) is 12.1 Å². The molecule has 0 N–H and O–H groups in total. The quantitative estimate of drug-likeness (QED) is 0.451. The maximum Gasteiger partial charge on any atom is 0.310 e. The third-order valence-electron chi connectivity index (χ3n) is 2.60. The molecule has 0 radical (unpaired) electrons. The summed E-state index contributed by atoms with van der Waals surface area (Å²) in [5, 5.41) is 8.70. The van der Waals surface area contributed by atoms with Crippen LogP contribution in [0.3, 0.4) is 0 Å². The largest absolute Gasteiger partial charge is 0.310 e. The topological polar surface area (TPSA) is 111 Å². The highest BCUT2D eigenvalue weighted by Gasteiger charge is 2.43. The monoisotopic (exact) mass is 295 g/mol. The molecule has 1 unspecified atom stereocenters. The van der Waals surface area contributed by atoms with E-state index in [9.17, 15) is 30.8 Å². The summed E-state index contributed by atoms with van der Waals surface area (Å²) in [6.07, 6.45) is 0. The first kappa shape index (κ1) is 12.9. The van der Waals surface area contributed by atoms with Gasteiger partial charge >= 0.3 is 10.2 Å². The van der Waals surface area contributed by atoms with Crippen LogP contribution in [0.25, 0.3) is 0 Å². The van der Waals surface area contributed by atoms with Crippen molar-refractivity contribution in [1.29, 1.82) is 0 Å². The first-order valence-electron chi connectivity index (χ1n) is 4.57. The van der Waals surface area contributed by atoms with E-state index in [1.165, 1.54) is 0 Å². The van der Waals surface area contributed by atoms with Crippen molar-refractivity contribution >= 4 is 25.7 Å². The number of hydrogen-bond acceptors (Lipinski definition) is 6. The van der Waals surface area contributed by atoms with Gasteiger partial charge in [0.15, 0.2) is 9.84 Å². The summed E-state index contributed by atoms with van der Waals surface area (Å²) in [5.74, 6) is -0.928. The molecule has 1 aromatic carbocycles. The fraction of sp³-hybridized carbons (Fsp3) is 0.250. The third-order valence-corrected chi connectivity index (χ3v) is 5.71. The van der Waals surface area contributed by atoms with E-state index < -0.39 is 46.6 Å². The molecule has 2 rings (SSSR count). The Morgan fingerprint density at radius 1 is 1.39 bits per heavy atom. The molecule has 0 amide bonds. The van der Waals surface area contributed by atoms with E-state index in [2.05, 4.69) is 0 Å². The molecule has 0 saturated heterocycles. The zero-order valence-electron chi connectivity index (χ0n) is 8.61. The summed E-state index contributed by atoms with van der Waals surface area (Å²) in [6.45, 7) is 0. The molecule has 0 aromatic heterocycles. The van der Waals surface area contributed by atoms with Crippen LogP contribution in [-0.2, 0) is 20.1 Å². The maximum atomic E-state index is 12.9. The Morgan fingerprint density at radius 3 is 2.50 bits per heavy atom. The van der Waals surface area contributed by atoms with Gasteiger partial charge in [-0.1, -0.05) is 0 Å². The van der Waals surface area contributed by atoms with Crippen molar-refractivity contribution in [1.82, 2.24) is 0 Å². The Bertz CT molecular complexity index is 739. The van der Waals surface area contributed by atoms with Crippen LogP contribution >= 0.6 is 0 Å². The second-order valence-corrected chi connectivity index (χ2v) is 7.25. The molecule has 0 spiro atoms. The van der Waals surface area contributed by atoms with Gasteiger partial charge in [-0.3, -0.25) is 10.1 Å². The lowest BCUT2D eigenvalue weighted by Gasteiger charge is -2.03. The van der Waals surface area contributed by atoms with Crippen molar-refractivity contribution in [3.8, 4) is 0 Å². The molecule has 0 saturated carbocycles. The minimum Gasteiger partial charge on any atom is -0.258 e. The molecule has 1 aromatic rings. The van der Waals surface area contributed by atoms with E-state index in [0.717, 1.165) is 18.2 Å². The van der Waals surface area contributed by atoms with Gasteiger partial charge in [0.2, 0.25) is 0 Å². The molecule has 0 fully saturated rings. The summed E-state index contributed by atoms with van der Waals surface area (Å²) >= 11 is 0. The van der Waals surface area contributed by atoms with Gasteiger partial charge in [0.05, 0.1) is 15.6 Å². The summed E-state index contributed by atoms with van der Waals surface area (Å²) < 4.78 is 57.9. The first-order valence-corrected chi connectivity index (χ1v) is 7.67. The molecule has 0 bridgehead atoms. The number of benzene rings is 1. The molecule has 10 heteroatoms. The predicted octanol–water partition coefficient (Wildman–Crippen LogP) is 0.723. The van der Waals surface area contributed by atoms with Crippen LogP contribution < -0.4 is 0 Å². The van der Waals surface area contributed by atoms with E-state index in [1.54, 1.807) is 0 Å². The molecule has 1 atom stereocenters. The fourth-order valence-electron chi connectivity index (χ4n) is 1.78. The average molecular weight is 295 g/mol. The Morgan fingerprint density at radius 2 is 2.00 bits per heavy atom. The molecular formula is C8H6FNO6S2. The molecule has 18 heavy (non-hydrogen) atoms. The van der Waals surface area contributed by atoms with Gasteiger partial charge in [-0.05, 0) is 11.6 Å². The number of non-ortho nitro benzene ring substituents is 1. The van der Waals surface area contributed by atoms with Crippen LogP contribution in [0.5, 0.6) is 0 Å².